The van der Waals surface area contributed by atoms with Gasteiger partial charge in [0.1, 0.15) is 5.82 Å². The molecule has 0 aliphatic rings. The maximum atomic E-state index is 13.9. The van der Waals surface area contributed by atoms with Gasteiger partial charge >= 0.3 is 0 Å². The molecule has 0 saturated heterocycles. The highest BCUT2D eigenvalue weighted by molar-refractivity contribution is 7.92. The Labute approximate surface area is 171 Å². The van der Waals surface area contributed by atoms with Gasteiger partial charge in [0.15, 0.2) is 0 Å². The fraction of sp³-hybridized carbons (Fsp3) is 0. The third kappa shape index (κ3) is 4.44. The zero-order chi connectivity index (χ0) is 20.3. The van der Waals surface area contributed by atoms with Crippen molar-refractivity contribution in [3.63, 3.8) is 0 Å². The minimum absolute atomic E-state index is 0.0540. The smallest absolute Gasteiger partial charge is 0.262 e. The number of carbonyl (C=O) groups excluding carboxylic acids is 1. The van der Waals surface area contributed by atoms with Crippen molar-refractivity contribution >= 4 is 50.5 Å². The van der Waals surface area contributed by atoms with Gasteiger partial charge in [-0.2, -0.15) is 0 Å². The molecule has 0 aliphatic carbocycles. The summed E-state index contributed by atoms with van der Waals surface area (Å²) in [6.45, 7) is 0. The third-order valence-corrected chi connectivity index (χ3v) is 5.72. The summed E-state index contributed by atoms with van der Waals surface area (Å²) in [5.74, 6) is -1.58. The molecule has 0 fully saturated rings. The minimum Gasteiger partial charge on any atom is -0.322 e. The van der Waals surface area contributed by atoms with Crippen molar-refractivity contribution in [2.24, 2.45) is 0 Å². The van der Waals surface area contributed by atoms with Crippen molar-refractivity contribution in [3.8, 4) is 0 Å². The first-order valence-electron chi connectivity index (χ1n) is 7.91. The first-order chi connectivity index (χ1) is 13.3. The molecule has 0 spiro atoms. The van der Waals surface area contributed by atoms with Crippen LogP contribution in [0.5, 0.6) is 0 Å². The zero-order valence-electron chi connectivity index (χ0n) is 14.1. The number of benzene rings is 3. The van der Waals surface area contributed by atoms with Crippen LogP contribution >= 0.6 is 23.2 Å². The maximum absolute atomic E-state index is 13.9. The molecule has 0 saturated carbocycles. The SMILES string of the molecule is O=C(Nc1cccc(S(=O)(=O)Nc2ccccc2Cl)c1)c1c(F)cccc1Cl. The average molecular weight is 439 g/mol. The summed E-state index contributed by atoms with van der Waals surface area (Å²) in [4.78, 5) is 12.2. The van der Waals surface area contributed by atoms with Crippen LogP contribution in [-0.2, 0) is 10.0 Å². The van der Waals surface area contributed by atoms with Crippen LogP contribution in [0.1, 0.15) is 10.4 Å². The van der Waals surface area contributed by atoms with Gasteiger partial charge in [0.2, 0.25) is 0 Å². The molecule has 9 heteroatoms. The lowest BCUT2D eigenvalue weighted by Crippen LogP contribution is -2.16. The standard InChI is InChI=1S/C19H13Cl2FN2O3S/c20-14-7-1-2-10-17(14)24-28(26,27)13-6-3-5-12(11-13)23-19(25)18-15(21)8-4-9-16(18)22/h1-11,24H,(H,23,25). The molecule has 5 nitrogen and oxygen atoms in total. The van der Waals surface area contributed by atoms with Crippen LogP contribution in [0, 0.1) is 5.82 Å². The number of amides is 1. The summed E-state index contributed by atoms with van der Waals surface area (Å²) in [6.07, 6.45) is 0. The van der Waals surface area contributed by atoms with Crippen molar-refractivity contribution in [2.45, 2.75) is 4.90 Å². The van der Waals surface area contributed by atoms with E-state index in [0.717, 1.165) is 6.07 Å². The van der Waals surface area contributed by atoms with E-state index in [1.165, 1.54) is 42.5 Å². The highest BCUT2D eigenvalue weighted by Gasteiger charge is 2.19. The monoisotopic (exact) mass is 438 g/mol. The van der Waals surface area contributed by atoms with Crippen molar-refractivity contribution in [1.82, 2.24) is 0 Å². The maximum Gasteiger partial charge on any atom is 0.262 e. The van der Waals surface area contributed by atoms with Gasteiger partial charge in [0.25, 0.3) is 15.9 Å². The quantitative estimate of drug-likeness (QED) is 0.575. The van der Waals surface area contributed by atoms with E-state index in [4.69, 9.17) is 23.2 Å². The molecule has 0 heterocycles. The van der Waals surface area contributed by atoms with Crippen LogP contribution in [-0.4, -0.2) is 14.3 Å². The highest BCUT2D eigenvalue weighted by Crippen LogP contribution is 2.26. The Bertz CT molecular complexity index is 1130. The van der Waals surface area contributed by atoms with Gasteiger partial charge in [-0.3, -0.25) is 9.52 Å². The second-order valence-electron chi connectivity index (χ2n) is 5.66. The van der Waals surface area contributed by atoms with Crippen LogP contribution in [0.25, 0.3) is 0 Å². The van der Waals surface area contributed by atoms with E-state index in [2.05, 4.69) is 10.0 Å². The molecule has 3 aromatic carbocycles. The van der Waals surface area contributed by atoms with Crippen molar-refractivity contribution in [1.29, 1.82) is 0 Å². The fourth-order valence-corrected chi connectivity index (χ4v) is 4.01. The van der Waals surface area contributed by atoms with Gasteiger partial charge in [-0.25, -0.2) is 12.8 Å². The molecule has 144 valence electrons. The first kappa shape index (κ1) is 20.1. The normalized spacial score (nSPS) is 11.1. The molecule has 2 N–H and O–H groups in total. The molecule has 0 unspecified atom stereocenters. The number of carbonyl (C=O) groups is 1. The largest absolute Gasteiger partial charge is 0.322 e. The van der Waals surface area contributed by atoms with Gasteiger partial charge in [-0.1, -0.05) is 47.5 Å². The molecule has 28 heavy (non-hydrogen) atoms. The molecular weight excluding hydrogens is 426 g/mol. The van der Waals surface area contributed by atoms with E-state index in [-0.39, 0.29) is 31.9 Å². The molecule has 3 rings (SSSR count). The minimum atomic E-state index is -3.96. The Balaban J connectivity index is 1.86. The molecule has 0 aliphatic heterocycles. The fourth-order valence-electron chi connectivity index (χ4n) is 2.40. The van der Waals surface area contributed by atoms with Gasteiger partial charge in [0.05, 0.1) is 26.2 Å². The number of rotatable bonds is 5. The van der Waals surface area contributed by atoms with Crippen molar-refractivity contribution < 1.29 is 17.6 Å². The van der Waals surface area contributed by atoms with Gasteiger partial charge in [-0.15, -0.1) is 0 Å². The van der Waals surface area contributed by atoms with Gasteiger partial charge in [-0.05, 0) is 42.5 Å². The predicted octanol–water partition coefficient (Wildman–Crippen LogP) is 5.19. The molecule has 1 amide bonds. The van der Waals surface area contributed by atoms with Crippen LogP contribution in [0.4, 0.5) is 15.8 Å². The first-order valence-corrected chi connectivity index (χ1v) is 10.1. The van der Waals surface area contributed by atoms with Crippen LogP contribution in [0.2, 0.25) is 10.0 Å². The molecule has 0 aromatic heterocycles. The Morgan fingerprint density at radius 2 is 1.57 bits per heavy atom. The topological polar surface area (TPSA) is 75.3 Å². The number of hydrogen-bond acceptors (Lipinski definition) is 3. The lowest BCUT2D eigenvalue weighted by atomic mass is 10.2. The average Bonchev–Trinajstić information content (AvgIpc) is 2.63. The van der Waals surface area contributed by atoms with E-state index >= 15 is 0 Å². The molecule has 0 atom stereocenters. The van der Waals surface area contributed by atoms with Gasteiger partial charge in [0, 0.05) is 5.69 Å². The number of hydrogen-bond donors (Lipinski definition) is 2. The zero-order valence-corrected chi connectivity index (χ0v) is 16.4. The molecule has 3 aromatic rings. The molecule has 0 radical (unpaired) electrons. The predicted molar refractivity (Wildman–Crippen MR) is 108 cm³/mol. The summed E-state index contributed by atoms with van der Waals surface area (Å²) in [7, 11) is -3.96. The second-order valence-corrected chi connectivity index (χ2v) is 8.16. The Kier molecular flexibility index (Phi) is 5.88. The van der Waals surface area contributed by atoms with E-state index in [1.807, 2.05) is 0 Å². The Morgan fingerprint density at radius 3 is 2.29 bits per heavy atom. The van der Waals surface area contributed by atoms with Crippen molar-refractivity contribution in [2.75, 3.05) is 10.0 Å². The lowest BCUT2D eigenvalue weighted by Gasteiger charge is -2.12. The summed E-state index contributed by atoms with van der Waals surface area (Å²) < 4.78 is 41.5. The van der Waals surface area contributed by atoms with E-state index in [1.54, 1.807) is 18.2 Å². The summed E-state index contributed by atoms with van der Waals surface area (Å²) in [6, 6.07) is 15.8. The van der Waals surface area contributed by atoms with Gasteiger partial charge < -0.3 is 5.32 Å². The van der Waals surface area contributed by atoms with E-state index in [0.29, 0.717) is 0 Å². The molecule has 0 bridgehead atoms. The van der Waals surface area contributed by atoms with Crippen LogP contribution < -0.4 is 10.0 Å². The van der Waals surface area contributed by atoms with E-state index in [9.17, 15) is 17.6 Å². The van der Waals surface area contributed by atoms with E-state index < -0.39 is 21.7 Å². The number of anilines is 2. The van der Waals surface area contributed by atoms with Crippen LogP contribution in [0.15, 0.2) is 71.6 Å². The number of para-hydroxylation sites is 1. The Morgan fingerprint density at radius 1 is 0.893 bits per heavy atom. The third-order valence-electron chi connectivity index (χ3n) is 3.71. The second kappa shape index (κ2) is 8.18. The highest BCUT2D eigenvalue weighted by atomic mass is 35.5. The van der Waals surface area contributed by atoms with Crippen LogP contribution in [0.3, 0.4) is 0 Å². The molecular formula is C19H13Cl2FN2O3S. The number of halogens is 3. The summed E-state index contributed by atoms with van der Waals surface area (Å²) in [5.41, 5.74) is 0.0507. The number of nitrogens with one attached hydrogen (secondary N) is 2. The van der Waals surface area contributed by atoms with Crippen molar-refractivity contribution in [3.05, 3.63) is 88.2 Å². The number of sulfonamides is 1. The Hall–Kier alpha value is -2.61. The lowest BCUT2D eigenvalue weighted by molar-refractivity contribution is 0.102. The summed E-state index contributed by atoms with van der Waals surface area (Å²) in [5, 5.41) is 2.63. The summed E-state index contributed by atoms with van der Waals surface area (Å²) >= 11 is 11.9.